The van der Waals surface area contributed by atoms with Crippen molar-refractivity contribution in [3.05, 3.63) is 59.0 Å². The molecule has 0 bridgehead atoms. The molecule has 0 aliphatic heterocycles. The van der Waals surface area contributed by atoms with E-state index < -0.39 is 10.0 Å². The predicted molar refractivity (Wildman–Crippen MR) is 128 cm³/mol. The van der Waals surface area contributed by atoms with Gasteiger partial charge in [0.05, 0.1) is 17.8 Å². The van der Waals surface area contributed by atoms with E-state index in [1.165, 1.54) is 19.4 Å². The third-order valence-electron chi connectivity index (χ3n) is 5.12. The molecule has 0 aliphatic carbocycles. The maximum atomic E-state index is 13.1. The number of nitrogens with zero attached hydrogens (tertiary/aromatic N) is 4. The fourth-order valence-electron chi connectivity index (χ4n) is 3.44. The number of methoxy groups -OCH3 is 1. The molecule has 0 aliphatic rings. The van der Waals surface area contributed by atoms with Gasteiger partial charge in [-0.1, -0.05) is 23.7 Å². The average Bonchev–Trinajstić information content (AvgIpc) is 2.79. The molecule has 0 atom stereocenters. The lowest BCUT2D eigenvalue weighted by Crippen LogP contribution is -2.15. The number of halogens is 1. The molecule has 0 saturated heterocycles. The molecule has 170 valence electrons. The van der Waals surface area contributed by atoms with Crippen molar-refractivity contribution in [1.82, 2.24) is 19.9 Å². The molecule has 3 heterocycles. The molecule has 4 rings (SSSR count). The zero-order valence-electron chi connectivity index (χ0n) is 18.3. The van der Waals surface area contributed by atoms with Gasteiger partial charge < -0.3 is 10.1 Å². The summed E-state index contributed by atoms with van der Waals surface area (Å²) < 4.78 is 34.0. The summed E-state index contributed by atoms with van der Waals surface area (Å²) in [4.78, 5) is 17.0. The first-order valence-corrected chi connectivity index (χ1v) is 11.7. The SMILES string of the molecule is CNc1ncc2cc(-c3cccc(NS(=O)(=O)c4cc(Cl)cnc4OC)c3C)c(C)nc2n1. The molecule has 11 heteroatoms. The van der Waals surface area contributed by atoms with E-state index in [0.29, 0.717) is 17.3 Å². The molecule has 9 nitrogen and oxygen atoms in total. The first-order valence-electron chi connectivity index (χ1n) is 9.88. The van der Waals surface area contributed by atoms with Gasteiger partial charge in [0, 0.05) is 36.1 Å². The first kappa shape index (κ1) is 22.7. The smallest absolute Gasteiger partial charge is 0.267 e. The summed E-state index contributed by atoms with van der Waals surface area (Å²) in [5.41, 5.74) is 4.15. The number of hydrogen-bond donors (Lipinski definition) is 2. The van der Waals surface area contributed by atoms with Crippen molar-refractivity contribution >= 4 is 44.3 Å². The number of sulfonamides is 1. The van der Waals surface area contributed by atoms with Crippen LogP contribution in [-0.2, 0) is 10.0 Å². The molecule has 2 N–H and O–H groups in total. The Balaban J connectivity index is 1.78. The van der Waals surface area contributed by atoms with Crippen molar-refractivity contribution < 1.29 is 13.2 Å². The van der Waals surface area contributed by atoms with Crippen LogP contribution >= 0.6 is 11.6 Å². The second-order valence-electron chi connectivity index (χ2n) is 7.22. The second-order valence-corrected chi connectivity index (χ2v) is 9.31. The Labute approximate surface area is 196 Å². The molecule has 4 aromatic rings. The summed E-state index contributed by atoms with van der Waals surface area (Å²) in [6.07, 6.45) is 3.02. The highest BCUT2D eigenvalue weighted by molar-refractivity contribution is 7.92. The third-order valence-corrected chi connectivity index (χ3v) is 6.69. The normalized spacial score (nSPS) is 11.4. The number of hydrogen-bond acceptors (Lipinski definition) is 8. The zero-order chi connectivity index (χ0) is 23.8. The minimum absolute atomic E-state index is 0.0452. The van der Waals surface area contributed by atoms with Crippen LogP contribution in [0.1, 0.15) is 11.3 Å². The topological polar surface area (TPSA) is 119 Å². The van der Waals surface area contributed by atoms with Crippen molar-refractivity contribution in [2.75, 3.05) is 24.2 Å². The van der Waals surface area contributed by atoms with Gasteiger partial charge in [0.2, 0.25) is 11.8 Å². The summed E-state index contributed by atoms with van der Waals surface area (Å²) in [6.45, 7) is 3.72. The van der Waals surface area contributed by atoms with Crippen molar-refractivity contribution in [1.29, 1.82) is 0 Å². The van der Waals surface area contributed by atoms with Crippen molar-refractivity contribution in [3.63, 3.8) is 0 Å². The van der Waals surface area contributed by atoms with Crippen LogP contribution < -0.4 is 14.8 Å². The third kappa shape index (κ3) is 4.39. The Morgan fingerprint density at radius 1 is 1.03 bits per heavy atom. The molecular weight excluding hydrogens is 464 g/mol. The van der Waals surface area contributed by atoms with Gasteiger partial charge in [-0.15, -0.1) is 0 Å². The Morgan fingerprint density at radius 2 is 1.82 bits per heavy atom. The molecule has 1 aromatic carbocycles. The first-order chi connectivity index (χ1) is 15.7. The number of anilines is 2. The van der Waals surface area contributed by atoms with E-state index in [0.717, 1.165) is 27.8 Å². The van der Waals surface area contributed by atoms with Gasteiger partial charge in [0.25, 0.3) is 10.0 Å². The van der Waals surface area contributed by atoms with E-state index in [9.17, 15) is 8.42 Å². The number of aryl methyl sites for hydroxylation is 1. The molecule has 0 fully saturated rings. The van der Waals surface area contributed by atoms with Crippen LogP contribution in [0, 0.1) is 13.8 Å². The maximum Gasteiger partial charge on any atom is 0.267 e. The Bertz CT molecular complexity index is 1480. The predicted octanol–water partition coefficient (Wildman–Crippen LogP) is 4.21. The van der Waals surface area contributed by atoms with Gasteiger partial charge in [0.1, 0.15) is 0 Å². The lowest BCUT2D eigenvalue weighted by atomic mass is 9.97. The molecule has 0 unspecified atom stereocenters. The summed E-state index contributed by atoms with van der Waals surface area (Å²) in [6, 6.07) is 8.62. The van der Waals surface area contributed by atoms with Crippen LogP contribution in [0.25, 0.3) is 22.2 Å². The van der Waals surface area contributed by atoms with Crippen LogP contribution in [0.3, 0.4) is 0 Å². The molecule has 3 aromatic heterocycles. The highest BCUT2D eigenvalue weighted by atomic mass is 35.5. The van der Waals surface area contributed by atoms with E-state index in [2.05, 4.69) is 30.0 Å². The summed E-state index contributed by atoms with van der Waals surface area (Å²) >= 11 is 5.97. The van der Waals surface area contributed by atoms with Gasteiger partial charge in [-0.3, -0.25) is 4.72 Å². The molecule has 0 spiro atoms. The Morgan fingerprint density at radius 3 is 2.55 bits per heavy atom. The van der Waals surface area contributed by atoms with Gasteiger partial charge in [-0.05, 0) is 43.2 Å². The molecular formula is C22H21ClN6O3S. The number of ether oxygens (including phenoxy) is 1. The Kier molecular flexibility index (Phi) is 6.05. The van der Waals surface area contributed by atoms with Crippen molar-refractivity contribution in [3.8, 4) is 17.0 Å². The van der Waals surface area contributed by atoms with Gasteiger partial charge in [0.15, 0.2) is 10.5 Å². The number of benzene rings is 1. The minimum atomic E-state index is -4.02. The number of nitrogens with one attached hydrogen (secondary N) is 2. The average molecular weight is 485 g/mol. The fraction of sp³-hybridized carbons (Fsp3) is 0.182. The molecule has 0 saturated carbocycles. The van der Waals surface area contributed by atoms with Crippen LogP contribution in [0.15, 0.2) is 47.6 Å². The van der Waals surface area contributed by atoms with Gasteiger partial charge >= 0.3 is 0 Å². The highest BCUT2D eigenvalue weighted by Gasteiger charge is 2.23. The Hall–Kier alpha value is -3.50. The summed E-state index contributed by atoms with van der Waals surface area (Å²) in [7, 11) is -0.927. The fourth-order valence-corrected chi connectivity index (χ4v) is 4.93. The summed E-state index contributed by atoms with van der Waals surface area (Å²) in [5, 5.41) is 3.86. The molecule has 33 heavy (non-hydrogen) atoms. The standard InChI is InChI=1S/C22H21ClN6O3S/c1-12-16(17-8-14-10-26-22(24-3)28-20(14)27-13(17)2)6-5-7-18(12)29-33(30,31)19-9-15(23)11-25-21(19)32-4/h5-11,29H,1-4H3,(H,24,26,27,28). The number of rotatable bonds is 6. The van der Waals surface area contributed by atoms with E-state index >= 15 is 0 Å². The number of aromatic nitrogens is 4. The minimum Gasteiger partial charge on any atom is -0.480 e. The van der Waals surface area contributed by atoms with E-state index in [1.54, 1.807) is 25.4 Å². The molecule has 0 amide bonds. The quantitative estimate of drug-likeness (QED) is 0.417. The van der Waals surface area contributed by atoms with E-state index in [4.69, 9.17) is 16.3 Å². The van der Waals surface area contributed by atoms with Crippen LogP contribution in [0.5, 0.6) is 5.88 Å². The molecule has 0 radical (unpaired) electrons. The lowest BCUT2D eigenvalue weighted by molar-refractivity contribution is 0.385. The second kappa shape index (κ2) is 8.80. The van der Waals surface area contributed by atoms with Crippen LogP contribution in [-0.4, -0.2) is 42.5 Å². The van der Waals surface area contributed by atoms with Gasteiger partial charge in [-0.2, -0.15) is 4.98 Å². The van der Waals surface area contributed by atoms with Crippen LogP contribution in [0.2, 0.25) is 5.02 Å². The van der Waals surface area contributed by atoms with Crippen LogP contribution in [0.4, 0.5) is 11.6 Å². The lowest BCUT2D eigenvalue weighted by Gasteiger charge is -2.16. The number of pyridine rings is 2. The van der Waals surface area contributed by atoms with Crippen molar-refractivity contribution in [2.45, 2.75) is 18.7 Å². The van der Waals surface area contributed by atoms with E-state index in [-0.39, 0.29) is 15.8 Å². The zero-order valence-corrected chi connectivity index (χ0v) is 19.9. The largest absolute Gasteiger partial charge is 0.480 e. The highest BCUT2D eigenvalue weighted by Crippen LogP contribution is 2.34. The van der Waals surface area contributed by atoms with Gasteiger partial charge in [-0.25, -0.2) is 23.4 Å². The number of fused-ring (bicyclic) bond motifs is 1. The van der Waals surface area contributed by atoms with Crippen molar-refractivity contribution in [2.24, 2.45) is 0 Å². The maximum absolute atomic E-state index is 13.1. The van der Waals surface area contributed by atoms with E-state index in [1.807, 2.05) is 26.0 Å². The monoisotopic (exact) mass is 484 g/mol. The summed E-state index contributed by atoms with van der Waals surface area (Å²) in [5.74, 6) is 0.442.